The third-order valence-electron chi connectivity index (χ3n) is 5.28. The molecule has 1 aliphatic heterocycles. The van der Waals surface area contributed by atoms with Crippen molar-refractivity contribution in [2.45, 2.75) is 26.5 Å². The Morgan fingerprint density at radius 1 is 1.29 bits per heavy atom. The number of pyridine rings is 1. The van der Waals surface area contributed by atoms with E-state index >= 15 is 0 Å². The Morgan fingerprint density at radius 2 is 2.03 bits per heavy atom. The number of aromatic nitrogens is 1. The Bertz CT molecular complexity index is 1190. The fraction of sp³-hybridized carbons (Fsp3) is 0.304. The van der Waals surface area contributed by atoms with Crippen LogP contribution in [0, 0.1) is 11.7 Å². The molecule has 6 nitrogen and oxygen atoms in total. The SMILES string of the molecule is CC(C)CN(C(=O)Nc1ccc(F)c(Cl)c1)[C@@H]1COCc2[nH]c(=O)c3ccccc3c21. The predicted octanol–water partition coefficient (Wildman–Crippen LogP) is 5.08. The lowest BCUT2D eigenvalue weighted by molar-refractivity contribution is 0.0425. The number of fused-ring (bicyclic) bond motifs is 3. The van der Waals surface area contributed by atoms with Gasteiger partial charge in [-0.3, -0.25) is 4.79 Å². The molecule has 1 aromatic heterocycles. The van der Waals surface area contributed by atoms with Gasteiger partial charge >= 0.3 is 6.03 Å². The van der Waals surface area contributed by atoms with E-state index in [-0.39, 0.29) is 29.1 Å². The molecule has 0 saturated carbocycles. The van der Waals surface area contributed by atoms with E-state index in [2.05, 4.69) is 10.3 Å². The van der Waals surface area contributed by atoms with Crippen molar-refractivity contribution in [1.29, 1.82) is 0 Å². The van der Waals surface area contributed by atoms with E-state index in [1.54, 1.807) is 11.0 Å². The summed E-state index contributed by atoms with van der Waals surface area (Å²) < 4.78 is 19.3. The maximum Gasteiger partial charge on any atom is 0.322 e. The molecule has 0 radical (unpaired) electrons. The zero-order valence-electron chi connectivity index (χ0n) is 17.2. The average molecular weight is 444 g/mol. The standard InChI is InChI=1S/C23H23ClFN3O3/c1-13(2)10-28(23(30)26-14-7-8-18(25)17(24)9-14)20-12-31-11-19-21(20)15-5-3-4-6-16(15)22(29)27-19/h3-9,13,20H,10-12H2,1-2H3,(H,26,30)(H,27,29)/t20-/m1/s1. The van der Waals surface area contributed by atoms with Crippen LogP contribution in [-0.2, 0) is 11.3 Å². The molecule has 2 aromatic carbocycles. The third-order valence-corrected chi connectivity index (χ3v) is 5.57. The van der Waals surface area contributed by atoms with Gasteiger partial charge in [0.2, 0.25) is 0 Å². The van der Waals surface area contributed by atoms with Gasteiger partial charge < -0.3 is 19.9 Å². The van der Waals surface area contributed by atoms with Gasteiger partial charge in [0.05, 0.1) is 24.3 Å². The number of amides is 2. The monoisotopic (exact) mass is 443 g/mol. The van der Waals surface area contributed by atoms with Crippen LogP contribution in [0.15, 0.2) is 47.3 Å². The second-order valence-corrected chi connectivity index (χ2v) is 8.44. The molecule has 2 N–H and O–H groups in total. The fourth-order valence-electron chi connectivity index (χ4n) is 3.96. The van der Waals surface area contributed by atoms with Crippen molar-refractivity contribution in [3.8, 4) is 0 Å². The molecule has 0 unspecified atom stereocenters. The van der Waals surface area contributed by atoms with Gasteiger partial charge in [-0.2, -0.15) is 0 Å². The van der Waals surface area contributed by atoms with Gasteiger partial charge in [0.1, 0.15) is 5.82 Å². The number of urea groups is 1. The highest BCUT2D eigenvalue weighted by atomic mass is 35.5. The number of ether oxygens (including phenoxy) is 1. The van der Waals surface area contributed by atoms with E-state index in [0.717, 1.165) is 10.9 Å². The second kappa shape index (κ2) is 8.69. The number of aromatic amines is 1. The highest BCUT2D eigenvalue weighted by Crippen LogP contribution is 2.34. The lowest BCUT2D eigenvalue weighted by Crippen LogP contribution is -2.44. The summed E-state index contributed by atoms with van der Waals surface area (Å²) >= 11 is 5.86. The molecular formula is C23H23ClFN3O3. The third kappa shape index (κ3) is 4.29. The molecule has 0 aliphatic carbocycles. The first kappa shape index (κ1) is 21.3. The Balaban J connectivity index is 1.76. The van der Waals surface area contributed by atoms with Crippen molar-refractivity contribution in [3.05, 3.63) is 74.9 Å². The maximum atomic E-state index is 13.5. The summed E-state index contributed by atoms with van der Waals surface area (Å²) in [5.41, 5.74) is 1.77. The Hall–Kier alpha value is -2.90. The van der Waals surface area contributed by atoms with Gasteiger partial charge in [-0.25, -0.2) is 9.18 Å². The van der Waals surface area contributed by atoms with Crippen molar-refractivity contribution in [3.63, 3.8) is 0 Å². The summed E-state index contributed by atoms with van der Waals surface area (Å²) in [7, 11) is 0. The second-order valence-electron chi connectivity index (χ2n) is 8.03. The number of benzene rings is 2. The van der Waals surface area contributed by atoms with Crippen LogP contribution in [-0.4, -0.2) is 29.1 Å². The molecule has 0 spiro atoms. The van der Waals surface area contributed by atoms with Crippen LogP contribution in [0.25, 0.3) is 10.8 Å². The zero-order valence-corrected chi connectivity index (χ0v) is 18.0. The molecule has 4 rings (SSSR count). The van der Waals surface area contributed by atoms with E-state index in [9.17, 15) is 14.0 Å². The van der Waals surface area contributed by atoms with E-state index in [4.69, 9.17) is 16.3 Å². The van der Waals surface area contributed by atoms with Gasteiger partial charge in [-0.15, -0.1) is 0 Å². The summed E-state index contributed by atoms with van der Waals surface area (Å²) in [4.78, 5) is 30.4. The van der Waals surface area contributed by atoms with Crippen molar-refractivity contribution in [2.24, 2.45) is 5.92 Å². The van der Waals surface area contributed by atoms with Gasteiger partial charge in [0.25, 0.3) is 5.56 Å². The lowest BCUT2D eigenvalue weighted by Gasteiger charge is -2.37. The van der Waals surface area contributed by atoms with Crippen LogP contribution >= 0.6 is 11.6 Å². The molecule has 0 saturated heterocycles. The van der Waals surface area contributed by atoms with Gasteiger partial charge in [-0.05, 0) is 35.6 Å². The number of carbonyl (C=O) groups is 1. The number of hydrogen-bond donors (Lipinski definition) is 2. The summed E-state index contributed by atoms with van der Waals surface area (Å²) in [5.74, 6) is -0.370. The number of halogens is 2. The largest absolute Gasteiger partial charge is 0.373 e. The van der Waals surface area contributed by atoms with Crippen LogP contribution in [0.3, 0.4) is 0 Å². The first-order chi connectivity index (χ1) is 14.8. The van der Waals surface area contributed by atoms with E-state index in [1.165, 1.54) is 18.2 Å². The minimum absolute atomic E-state index is 0.0666. The van der Waals surface area contributed by atoms with Crippen molar-refractivity contribution in [1.82, 2.24) is 9.88 Å². The average Bonchev–Trinajstić information content (AvgIpc) is 2.74. The van der Waals surface area contributed by atoms with Gasteiger partial charge in [-0.1, -0.05) is 43.6 Å². The number of nitrogens with zero attached hydrogens (tertiary/aromatic N) is 1. The number of H-pyrrole nitrogens is 1. The molecule has 1 atom stereocenters. The molecule has 2 amide bonds. The maximum absolute atomic E-state index is 13.5. The normalized spacial score (nSPS) is 15.7. The summed E-state index contributed by atoms with van der Waals surface area (Å²) in [6.07, 6.45) is 0. The Morgan fingerprint density at radius 3 is 2.74 bits per heavy atom. The number of rotatable bonds is 4. The smallest absolute Gasteiger partial charge is 0.322 e. The molecule has 162 valence electrons. The first-order valence-electron chi connectivity index (χ1n) is 10.1. The van der Waals surface area contributed by atoms with Crippen LogP contribution in [0.5, 0.6) is 0 Å². The molecule has 0 bridgehead atoms. The molecule has 2 heterocycles. The van der Waals surface area contributed by atoms with Crippen LogP contribution < -0.4 is 10.9 Å². The number of nitrogens with one attached hydrogen (secondary N) is 2. The quantitative estimate of drug-likeness (QED) is 0.590. The molecule has 1 aliphatic rings. The Kier molecular flexibility index (Phi) is 5.98. The van der Waals surface area contributed by atoms with Crippen molar-refractivity contribution < 1.29 is 13.9 Å². The highest BCUT2D eigenvalue weighted by Gasteiger charge is 2.33. The molecular weight excluding hydrogens is 421 g/mol. The van der Waals surface area contributed by atoms with E-state index in [0.29, 0.717) is 29.9 Å². The fourth-order valence-corrected chi connectivity index (χ4v) is 4.14. The van der Waals surface area contributed by atoms with Crippen LogP contribution in [0.2, 0.25) is 5.02 Å². The van der Waals surface area contributed by atoms with Crippen molar-refractivity contribution in [2.75, 3.05) is 18.5 Å². The van der Waals surface area contributed by atoms with Crippen LogP contribution in [0.4, 0.5) is 14.9 Å². The molecule has 3 aromatic rings. The number of hydrogen-bond acceptors (Lipinski definition) is 3. The zero-order chi connectivity index (χ0) is 22.1. The first-order valence-corrected chi connectivity index (χ1v) is 10.5. The molecule has 31 heavy (non-hydrogen) atoms. The topological polar surface area (TPSA) is 74.4 Å². The number of anilines is 1. The van der Waals surface area contributed by atoms with Crippen LogP contribution in [0.1, 0.15) is 31.1 Å². The minimum atomic E-state index is -0.552. The predicted molar refractivity (Wildman–Crippen MR) is 119 cm³/mol. The minimum Gasteiger partial charge on any atom is -0.373 e. The molecule has 0 fully saturated rings. The highest BCUT2D eigenvalue weighted by molar-refractivity contribution is 6.31. The lowest BCUT2D eigenvalue weighted by atomic mass is 9.95. The van der Waals surface area contributed by atoms with E-state index in [1.807, 2.05) is 32.0 Å². The number of carbonyl (C=O) groups excluding carboxylic acids is 1. The summed E-state index contributed by atoms with van der Waals surface area (Å²) in [6.45, 7) is 5.07. The molecule has 8 heteroatoms. The van der Waals surface area contributed by atoms with Gasteiger partial charge in [0.15, 0.2) is 0 Å². The Labute approximate surface area is 184 Å². The summed E-state index contributed by atoms with van der Waals surface area (Å²) in [5, 5.41) is 4.12. The van der Waals surface area contributed by atoms with Crippen molar-refractivity contribution >= 4 is 34.1 Å². The summed E-state index contributed by atoms with van der Waals surface area (Å²) in [6, 6.07) is 10.7. The van der Waals surface area contributed by atoms with E-state index < -0.39 is 11.9 Å². The van der Waals surface area contributed by atoms with Gasteiger partial charge in [0, 0.05) is 28.9 Å².